The highest BCUT2D eigenvalue weighted by Crippen LogP contribution is 2.25. The van der Waals surface area contributed by atoms with E-state index >= 15 is 0 Å². The van der Waals surface area contributed by atoms with Crippen LogP contribution in [0.5, 0.6) is 0 Å². The molecule has 2 aliphatic rings. The van der Waals surface area contributed by atoms with Crippen molar-refractivity contribution in [3.8, 4) is 0 Å². The van der Waals surface area contributed by atoms with Gasteiger partial charge in [-0.3, -0.25) is 4.79 Å². The Morgan fingerprint density at radius 3 is 2.40 bits per heavy atom. The summed E-state index contributed by atoms with van der Waals surface area (Å²) >= 11 is 12.3. The number of hydrogen-bond acceptors (Lipinski definition) is 4. The summed E-state index contributed by atoms with van der Waals surface area (Å²) in [5.41, 5.74) is 2.87. The minimum Gasteiger partial charge on any atom is -0.374 e. The number of piperidine rings is 2. The van der Waals surface area contributed by atoms with Gasteiger partial charge < -0.3 is 20.0 Å². The molecule has 0 aromatic heterocycles. The van der Waals surface area contributed by atoms with Gasteiger partial charge in [0.25, 0.3) is 0 Å². The molecule has 2 fully saturated rings. The van der Waals surface area contributed by atoms with Gasteiger partial charge in [-0.15, -0.1) is 0 Å². The van der Waals surface area contributed by atoms with Gasteiger partial charge in [-0.1, -0.05) is 36.2 Å². The molecule has 7 heteroatoms. The maximum absolute atomic E-state index is 11.8. The van der Waals surface area contributed by atoms with E-state index in [4.69, 9.17) is 23.2 Å². The Balaban J connectivity index is 1.42. The number of hydrogen-bond donors (Lipinski definition) is 1. The van der Waals surface area contributed by atoms with Crippen LogP contribution in [0.3, 0.4) is 0 Å². The zero-order valence-electron chi connectivity index (χ0n) is 20.6. The summed E-state index contributed by atoms with van der Waals surface area (Å²) in [7, 11) is 0. The SMILES string of the molecule is CC1CCN(/C(=C/N2CCCCC2)Nc2ccc(N(C=O)CCc3ccc(Cl)cc3Cl)cc2)CC1. The first-order valence-electron chi connectivity index (χ1n) is 12.8. The van der Waals surface area contributed by atoms with E-state index in [1.165, 1.54) is 37.9 Å². The van der Waals surface area contributed by atoms with E-state index in [-0.39, 0.29) is 0 Å². The maximum Gasteiger partial charge on any atom is 0.214 e. The molecule has 0 atom stereocenters. The van der Waals surface area contributed by atoms with Crippen molar-refractivity contribution in [2.75, 3.05) is 42.9 Å². The Morgan fingerprint density at radius 1 is 1.03 bits per heavy atom. The maximum atomic E-state index is 11.8. The Bertz CT molecular complexity index is 997. The zero-order chi connectivity index (χ0) is 24.6. The number of carbonyl (C=O) groups is 1. The number of amides is 1. The van der Waals surface area contributed by atoms with E-state index in [9.17, 15) is 4.79 Å². The molecule has 0 radical (unpaired) electrons. The summed E-state index contributed by atoms with van der Waals surface area (Å²) < 4.78 is 0. The van der Waals surface area contributed by atoms with E-state index in [0.29, 0.717) is 23.0 Å². The standard InChI is InChI=1S/C28H36Cl2N4O/c1-22-11-16-33(17-12-22)28(20-32-14-3-2-4-15-32)31-25-7-9-26(10-8-25)34(21-35)18-13-23-5-6-24(29)19-27(23)30/h5-10,19-22,31H,2-4,11-18H2,1H3/b28-20+. The molecule has 0 aliphatic carbocycles. The number of nitrogens with zero attached hydrogens (tertiary/aromatic N) is 3. The summed E-state index contributed by atoms with van der Waals surface area (Å²) in [5, 5.41) is 4.91. The summed E-state index contributed by atoms with van der Waals surface area (Å²) in [6.07, 6.45) is 10.2. The first-order valence-corrected chi connectivity index (χ1v) is 13.5. The molecule has 2 aromatic rings. The quantitative estimate of drug-likeness (QED) is 0.381. The third-order valence-corrected chi connectivity index (χ3v) is 7.64. The molecule has 35 heavy (non-hydrogen) atoms. The highest BCUT2D eigenvalue weighted by atomic mass is 35.5. The molecule has 2 saturated heterocycles. The molecular formula is C28H36Cl2N4O. The predicted octanol–water partition coefficient (Wildman–Crippen LogP) is 6.63. The second-order valence-electron chi connectivity index (χ2n) is 9.74. The van der Waals surface area contributed by atoms with E-state index in [0.717, 1.165) is 55.4 Å². The average Bonchev–Trinajstić information content (AvgIpc) is 2.87. The average molecular weight is 516 g/mol. The highest BCUT2D eigenvalue weighted by molar-refractivity contribution is 6.35. The van der Waals surface area contributed by atoms with Crippen LogP contribution in [0, 0.1) is 5.92 Å². The molecule has 4 rings (SSSR count). The van der Waals surface area contributed by atoms with E-state index in [2.05, 4.69) is 40.4 Å². The summed E-state index contributed by atoms with van der Waals surface area (Å²) in [5.74, 6) is 1.97. The molecule has 188 valence electrons. The fourth-order valence-corrected chi connectivity index (χ4v) is 5.26. The van der Waals surface area contributed by atoms with E-state index in [1.54, 1.807) is 11.0 Å². The van der Waals surface area contributed by atoms with Crippen LogP contribution >= 0.6 is 23.2 Å². The lowest BCUT2D eigenvalue weighted by Crippen LogP contribution is -2.37. The molecule has 2 aliphatic heterocycles. The highest BCUT2D eigenvalue weighted by Gasteiger charge is 2.19. The topological polar surface area (TPSA) is 38.8 Å². The first-order chi connectivity index (χ1) is 17.0. The largest absolute Gasteiger partial charge is 0.374 e. The fourth-order valence-electron chi connectivity index (χ4n) is 4.75. The van der Waals surface area contributed by atoms with Crippen molar-refractivity contribution in [1.82, 2.24) is 9.80 Å². The Morgan fingerprint density at radius 2 is 1.74 bits per heavy atom. The van der Waals surface area contributed by atoms with Crippen LogP contribution in [0.15, 0.2) is 54.5 Å². The smallest absolute Gasteiger partial charge is 0.214 e. The second kappa shape index (κ2) is 12.5. The van der Waals surface area contributed by atoms with Crippen LogP contribution < -0.4 is 10.2 Å². The van der Waals surface area contributed by atoms with Crippen LogP contribution in [0.2, 0.25) is 10.0 Å². The third kappa shape index (κ3) is 7.31. The number of anilines is 2. The summed E-state index contributed by atoms with van der Waals surface area (Å²) in [6.45, 7) is 7.30. The lowest BCUT2D eigenvalue weighted by molar-refractivity contribution is -0.107. The van der Waals surface area contributed by atoms with Crippen LogP contribution in [-0.2, 0) is 11.2 Å². The van der Waals surface area contributed by atoms with Gasteiger partial charge in [-0.05, 0) is 86.4 Å². The molecule has 0 unspecified atom stereocenters. The molecule has 2 aromatic carbocycles. The van der Waals surface area contributed by atoms with Crippen molar-refractivity contribution < 1.29 is 4.79 Å². The third-order valence-electron chi connectivity index (χ3n) is 7.06. The van der Waals surface area contributed by atoms with Gasteiger partial charge in [0.05, 0.1) is 0 Å². The number of likely N-dealkylation sites (tertiary alicyclic amines) is 2. The molecule has 0 bridgehead atoms. The van der Waals surface area contributed by atoms with Gasteiger partial charge in [0.15, 0.2) is 0 Å². The Kier molecular flexibility index (Phi) is 9.22. The summed E-state index contributed by atoms with van der Waals surface area (Å²) in [6, 6.07) is 13.6. The Labute approximate surface area is 219 Å². The van der Waals surface area contributed by atoms with Crippen LogP contribution in [0.1, 0.15) is 44.6 Å². The number of carbonyl (C=O) groups excluding carboxylic acids is 1. The van der Waals surface area contributed by atoms with Crippen molar-refractivity contribution in [2.45, 2.75) is 45.4 Å². The fraction of sp³-hybridized carbons (Fsp3) is 0.464. The molecule has 1 N–H and O–H groups in total. The summed E-state index contributed by atoms with van der Waals surface area (Å²) in [4.78, 5) is 18.5. The van der Waals surface area contributed by atoms with Gasteiger partial charge in [-0.2, -0.15) is 0 Å². The number of rotatable bonds is 9. The molecule has 0 spiro atoms. The van der Waals surface area contributed by atoms with Crippen molar-refractivity contribution in [3.63, 3.8) is 0 Å². The molecule has 5 nitrogen and oxygen atoms in total. The van der Waals surface area contributed by atoms with Crippen molar-refractivity contribution in [2.24, 2.45) is 5.92 Å². The van der Waals surface area contributed by atoms with Gasteiger partial charge in [0.2, 0.25) is 6.41 Å². The minimum atomic E-state index is 0.545. The van der Waals surface area contributed by atoms with E-state index < -0.39 is 0 Å². The molecule has 0 saturated carbocycles. The van der Waals surface area contributed by atoms with Gasteiger partial charge in [0.1, 0.15) is 5.82 Å². The lowest BCUT2D eigenvalue weighted by Gasteiger charge is -2.36. The monoisotopic (exact) mass is 514 g/mol. The Hall–Kier alpha value is -2.37. The van der Waals surface area contributed by atoms with Gasteiger partial charge >= 0.3 is 0 Å². The van der Waals surface area contributed by atoms with E-state index in [1.807, 2.05) is 24.3 Å². The van der Waals surface area contributed by atoms with Crippen LogP contribution in [0.25, 0.3) is 0 Å². The van der Waals surface area contributed by atoms with Crippen LogP contribution in [0.4, 0.5) is 11.4 Å². The second-order valence-corrected chi connectivity index (χ2v) is 10.6. The van der Waals surface area contributed by atoms with Crippen molar-refractivity contribution in [3.05, 3.63) is 70.1 Å². The molecule has 1 amide bonds. The van der Waals surface area contributed by atoms with Crippen molar-refractivity contribution >= 4 is 41.0 Å². The normalized spacial score (nSPS) is 17.4. The van der Waals surface area contributed by atoms with Crippen LogP contribution in [-0.4, -0.2) is 48.9 Å². The molecular weight excluding hydrogens is 479 g/mol. The van der Waals surface area contributed by atoms with Gasteiger partial charge in [-0.25, -0.2) is 0 Å². The number of benzene rings is 2. The van der Waals surface area contributed by atoms with Crippen molar-refractivity contribution in [1.29, 1.82) is 0 Å². The minimum absolute atomic E-state index is 0.545. The first kappa shape index (κ1) is 25.7. The van der Waals surface area contributed by atoms with Gasteiger partial charge in [0, 0.05) is 60.3 Å². The molecule has 2 heterocycles. The lowest BCUT2D eigenvalue weighted by atomic mass is 9.99. The zero-order valence-corrected chi connectivity index (χ0v) is 22.1. The number of nitrogens with one attached hydrogen (secondary N) is 1. The number of halogens is 2. The predicted molar refractivity (Wildman–Crippen MR) is 147 cm³/mol.